The molecule has 2 saturated carbocycles. The smallest absolute Gasteiger partial charge is 0.434 e. The summed E-state index contributed by atoms with van der Waals surface area (Å²) in [5, 5.41) is 13.5. The van der Waals surface area contributed by atoms with Crippen molar-refractivity contribution in [2.24, 2.45) is 17.8 Å². The number of halogens is 3. The minimum absolute atomic E-state index is 0.0153. The molecule has 268 valence electrons. The Hall–Kier alpha value is -4.72. The average molecular weight is 705 g/mol. The van der Waals surface area contributed by atoms with Gasteiger partial charge in [0.1, 0.15) is 17.4 Å². The monoisotopic (exact) mass is 704 g/mol. The van der Waals surface area contributed by atoms with Gasteiger partial charge < -0.3 is 29.4 Å². The van der Waals surface area contributed by atoms with Crippen molar-refractivity contribution in [3.8, 4) is 17.0 Å². The number of hydrogen-bond acceptors (Lipinski definition) is 8. The highest BCUT2D eigenvalue weighted by atomic mass is 19.4. The fourth-order valence-electron chi connectivity index (χ4n) is 8.70. The number of piperidine rings is 1. The van der Waals surface area contributed by atoms with E-state index in [4.69, 9.17) is 9.47 Å². The predicted molar refractivity (Wildman–Crippen MR) is 180 cm³/mol. The van der Waals surface area contributed by atoms with E-state index in [2.05, 4.69) is 25.2 Å². The molecule has 1 amide bonds. The van der Waals surface area contributed by atoms with Crippen LogP contribution in [0.4, 0.5) is 19.1 Å². The number of fused-ring (bicyclic) bond motifs is 3. The van der Waals surface area contributed by atoms with E-state index in [-0.39, 0.29) is 42.0 Å². The van der Waals surface area contributed by atoms with Crippen molar-refractivity contribution in [2.75, 3.05) is 31.2 Å². The van der Waals surface area contributed by atoms with Gasteiger partial charge in [0.15, 0.2) is 5.69 Å². The Balaban J connectivity index is 1.08. The number of carboxylic acid groups (broad SMARTS) is 1. The number of aliphatic carboxylic acids is 1. The number of nitrogens with zero attached hydrogens (tertiary/aromatic N) is 5. The van der Waals surface area contributed by atoms with Crippen LogP contribution in [0.1, 0.15) is 67.5 Å². The maximum absolute atomic E-state index is 14.6. The lowest BCUT2D eigenvalue weighted by atomic mass is 9.78. The summed E-state index contributed by atoms with van der Waals surface area (Å²) in [5.74, 6) is -0.913. The molecule has 4 unspecified atom stereocenters. The summed E-state index contributed by atoms with van der Waals surface area (Å²) >= 11 is 0. The third-order valence-corrected chi connectivity index (χ3v) is 11.1. The Labute approximate surface area is 292 Å². The van der Waals surface area contributed by atoms with Crippen LogP contribution in [0.5, 0.6) is 5.75 Å². The van der Waals surface area contributed by atoms with E-state index in [0.717, 1.165) is 43.9 Å². The average Bonchev–Trinajstić information content (AvgIpc) is 3.57. The Morgan fingerprint density at radius 2 is 1.82 bits per heavy atom. The zero-order valence-electron chi connectivity index (χ0n) is 28.1. The minimum atomic E-state index is -4.97. The van der Waals surface area contributed by atoms with Crippen molar-refractivity contribution >= 4 is 28.7 Å². The largest absolute Gasteiger partial charge is 0.490 e. The fourth-order valence-corrected chi connectivity index (χ4v) is 8.70. The number of amides is 1. The molecule has 8 rings (SSSR count). The summed E-state index contributed by atoms with van der Waals surface area (Å²) in [7, 11) is 0. The number of anilines is 1. The lowest BCUT2D eigenvalue weighted by molar-refractivity contribution is -0.146. The molecule has 51 heavy (non-hydrogen) atoms. The van der Waals surface area contributed by atoms with Gasteiger partial charge in [0.2, 0.25) is 5.95 Å². The Bertz CT molecular complexity index is 1960. The maximum atomic E-state index is 14.6. The molecule has 0 spiro atoms. The van der Waals surface area contributed by atoms with Gasteiger partial charge in [-0.25, -0.2) is 19.7 Å². The van der Waals surface area contributed by atoms with Crippen molar-refractivity contribution < 1.29 is 37.3 Å². The molecule has 4 aromatic rings. The topological polar surface area (TPSA) is 132 Å². The van der Waals surface area contributed by atoms with Crippen LogP contribution in [0.3, 0.4) is 0 Å². The van der Waals surface area contributed by atoms with Crippen molar-refractivity contribution in [3.05, 3.63) is 66.2 Å². The highest BCUT2D eigenvalue weighted by Gasteiger charge is 2.56. The quantitative estimate of drug-likeness (QED) is 0.222. The number of hydrogen-bond donors (Lipinski definition) is 2. The van der Waals surface area contributed by atoms with E-state index in [1.54, 1.807) is 24.7 Å². The summed E-state index contributed by atoms with van der Waals surface area (Å²) in [6, 6.07) is 9.83. The molecule has 3 aromatic heterocycles. The van der Waals surface area contributed by atoms with Gasteiger partial charge in [-0.3, -0.25) is 4.79 Å². The number of alkyl halides is 3. The van der Waals surface area contributed by atoms with Crippen LogP contribution >= 0.6 is 0 Å². The zero-order chi connectivity index (χ0) is 35.5. The first kappa shape index (κ1) is 33.4. The first-order valence-corrected chi connectivity index (χ1v) is 17.5. The van der Waals surface area contributed by atoms with Gasteiger partial charge in [0, 0.05) is 61.5 Å². The summed E-state index contributed by atoms with van der Waals surface area (Å²) < 4.78 is 57.8. The number of aromatic nitrogens is 4. The van der Waals surface area contributed by atoms with Crippen LogP contribution in [0.15, 0.2) is 55.0 Å². The third kappa shape index (κ3) is 6.17. The van der Waals surface area contributed by atoms with E-state index in [1.807, 2.05) is 29.7 Å². The van der Waals surface area contributed by atoms with Gasteiger partial charge in [-0.15, -0.1) is 0 Å². The highest BCUT2D eigenvalue weighted by Crippen LogP contribution is 2.51. The molecular formula is C37H39F3N6O5. The van der Waals surface area contributed by atoms with Crippen LogP contribution in [0.25, 0.3) is 22.2 Å². The lowest BCUT2D eigenvalue weighted by Gasteiger charge is -2.33. The van der Waals surface area contributed by atoms with Gasteiger partial charge in [0.25, 0.3) is 5.91 Å². The molecule has 4 aliphatic rings. The molecular weight excluding hydrogens is 665 g/mol. The summed E-state index contributed by atoms with van der Waals surface area (Å²) in [6.07, 6.45) is 4.04. The summed E-state index contributed by atoms with van der Waals surface area (Å²) in [6.45, 7) is 4.45. The SMILES string of the molecule is CC1CC2CC(C1)C(NC(=O)c1ccc(-c3cn(C4COC4)c4cc(OC5CCN(c6ncccn6)CC5)ccc34)nc1C(F)(F)F)(C(=O)O)C2. The molecule has 14 heteroatoms. The highest BCUT2D eigenvalue weighted by molar-refractivity contribution is 6.00. The van der Waals surface area contributed by atoms with E-state index < -0.39 is 34.8 Å². The molecule has 5 heterocycles. The lowest BCUT2D eigenvalue weighted by Crippen LogP contribution is -2.57. The molecule has 11 nitrogen and oxygen atoms in total. The van der Waals surface area contributed by atoms with Crippen LogP contribution in [-0.4, -0.2) is 74.4 Å². The second kappa shape index (κ2) is 12.8. The molecule has 4 atom stereocenters. The van der Waals surface area contributed by atoms with E-state index in [9.17, 15) is 27.9 Å². The van der Waals surface area contributed by atoms with Crippen LogP contribution < -0.4 is 15.0 Å². The number of pyridine rings is 1. The molecule has 2 bridgehead atoms. The summed E-state index contributed by atoms with van der Waals surface area (Å²) in [4.78, 5) is 41.0. The fraction of sp³-hybridized carbons (Fsp3) is 0.486. The molecule has 0 radical (unpaired) electrons. The molecule has 2 N–H and O–H groups in total. The van der Waals surface area contributed by atoms with E-state index >= 15 is 0 Å². The Kier molecular flexibility index (Phi) is 8.39. The number of carbonyl (C=O) groups excluding carboxylic acids is 1. The summed E-state index contributed by atoms with van der Waals surface area (Å²) in [5.41, 5.74) is -2.37. The zero-order valence-corrected chi connectivity index (χ0v) is 28.1. The molecule has 2 saturated heterocycles. The first-order valence-electron chi connectivity index (χ1n) is 17.5. The van der Waals surface area contributed by atoms with Gasteiger partial charge in [0.05, 0.1) is 36.0 Å². The predicted octanol–water partition coefficient (Wildman–Crippen LogP) is 6.14. The standard InChI is InChI=1S/C37H39F3N6O5/c1-21-13-22-15-23(14-21)36(17-22,34(48)49)44-33(47)28-5-6-30(43-32(28)37(38,39)40)29-18-46(24-19-50-20-24)31-16-26(3-4-27(29)31)51-25-7-11-45(12-8-25)35-41-9-2-10-42-35/h2-6,9-10,16,18,21-25H,7-8,11-15,17,19-20H2,1H3,(H,44,47)(H,48,49). The Morgan fingerprint density at radius 1 is 1.06 bits per heavy atom. The minimum Gasteiger partial charge on any atom is -0.490 e. The van der Waals surface area contributed by atoms with Crippen LogP contribution in [0, 0.1) is 17.8 Å². The first-order chi connectivity index (χ1) is 24.5. The molecule has 4 fully saturated rings. The number of carbonyl (C=O) groups is 2. The van der Waals surface area contributed by atoms with Crippen molar-refractivity contribution in [2.45, 2.75) is 69.3 Å². The maximum Gasteiger partial charge on any atom is 0.434 e. The second-order valence-electron chi connectivity index (χ2n) is 14.6. The van der Waals surface area contributed by atoms with Crippen molar-refractivity contribution in [3.63, 3.8) is 0 Å². The number of nitrogens with one attached hydrogen (secondary N) is 1. The van der Waals surface area contributed by atoms with Crippen LogP contribution in [-0.2, 0) is 15.7 Å². The van der Waals surface area contributed by atoms with Gasteiger partial charge >= 0.3 is 12.1 Å². The van der Waals surface area contributed by atoms with Gasteiger partial charge in [-0.2, -0.15) is 13.2 Å². The number of benzene rings is 1. The van der Waals surface area contributed by atoms with Crippen LogP contribution in [0.2, 0.25) is 0 Å². The second-order valence-corrected chi connectivity index (χ2v) is 14.6. The molecule has 2 aliphatic heterocycles. The van der Waals surface area contributed by atoms with E-state index in [1.165, 1.54) is 6.07 Å². The number of rotatable bonds is 8. The third-order valence-electron chi connectivity index (χ3n) is 11.1. The van der Waals surface area contributed by atoms with Gasteiger partial charge in [-0.05, 0) is 73.8 Å². The Morgan fingerprint density at radius 3 is 2.51 bits per heavy atom. The normalized spacial score (nSPS) is 25.5. The van der Waals surface area contributed by atoms with Crippen molar-refractivity contribution in [1.29, 1.82) is 0 Å². The van der Waals surface area contributed by atoms with Crippen molar-refractivity contribution in [1.82, 2.24) is 24.8 Å². The number of ether oxygens (including phenoxy) is 2. The molecule has 2 aliphatic carbocycles. The van der Waals surface area contributed by atoms with Gasteiger partial charge in [-0.1, -0.05) is 6.92 Å². The van der Waals surface area contributed by atoms with E-state index in [0.29, 0.717) is 48.7 Å². The molecule has 1 aromatic carbocycles. The number of carboxylic acids is 1.